The lowest BCUT2D eigenvalue weighted by Gasteiger charge is -2.20. The summed E-state index contributed by atoms with van der Waals surface area (Å²) in [5.41, 5.74) is 2.22. The first kappa shape index (κ1) is 23.6. The van der Waals surface area contributed by atoms with E-state index in [2.05, 4.69) is 22.8 Å². The molecule has 1 fully saturated rings. The molecule has 2 N–H and O–H groups in total. The summed E-state index contributed by atoms with van der Waals surface area (Å²) in [6, 6.07) is 14.4. The highest BCUT2D eigenvalue weighted by Crippen LogP contribution is 2.16. The zero-order chi connectivity index (χ0) is 22.8. The molecule has 6 nitrogen and oxygen atoms in total. The molecule has 0 spiro atoms. The molecule has 172 valence electrons. The van der Waals surface area contributed by atoms with E-state index in [0.717, 1.165) is 37.1 Å². The summed E-state index contributed by atoms with van der Waals surface area (Å²) in [5, 5.41) is 6.58. The van der Waals surface area contributed by atoms with Gasteiger partial charge >= 0.3 is 0 Å². The monoisotopic (exact) mass is 440 g/mol. The molecular formula is C25H33FN4O2. The summed E-state index contributed by atoms with van der Waals surface area (Å²) in [5.74, 6) is 1.15. The molecular weight excluding hydrogens is 407 g/mol. The van der Waals surface area contributed by atoms with E-state index in [1.54, 1.807) is 12.1 Å². The number of nitrogens with one attached hydrogen (secondary N) is 2. The molecule has 7 heteroatoms. The Morgan fingerprint density at radius 2 is 1.97 bits per heavy atom. The van der Waals surface area contributed by atoms with Crippen molar-refractivity contribution in [3.8, 4) is 5.75 Å². The van der Waals surface area contributed by atoms with E-state index in [1.807, 2.05) is 30.9 Å². The van der Waals surface area contributed by atoms with Crippen LogP contribution in [0.25, 0.3) is 0 Å². The molecule has 2 aromatic carbocycles. The molecule has 3 rings (SSSR count). The normalized spacial score (nSPS) is 15.0. The number of aliphatic imine (C=N–C) groups is 1. The second-order valence-electron chi connectivity index (χ2n) is 7.92. The molecule has 1 aliphatic rings. The summed E-state index contributed by atoms with van der Waals surface area (Å²) in [6.45, 7) is 7.37. The van der Waals surface area contributed by atoms with E-state index >= 15 is 0 Å². The van der Waals surface area contributed by atoms with Crippen LogP contribution < -0.4 is 15.4 Å². The SMILES string of the molecule is CCNC(=NCc1cccc(CN2CCCC2=O)c1)NCC(CC)Oc1cccc(F)c1. The molecule has 0 aromatic heterocycles. The molecule has 1 atom stereocenters. The Morgan fingerprint density at radius 3 is 2.69 bits per heavy atom. The van der Waals surface area contributed by atoms with Crippen molar-refractivity contribution < 1.29 is 13.9 Å². The predicted octanol–water partition coefficient (Wildman–Crippen LogP) is 3.86. The lowest BCUT2D eigenvalue weighted by Crippen LogP contribution is -2.42. The Balaban J connectivity index is 1.56. The first-order chi connectivity index (χ1) is 15.6. The van der Waals surface area contributed by atoms with Crippen LogP contribution in [0.1, 0.15) is 44.2 Å². The van der Waals surface area contributed by atoms with Crippen molar-refractivity contribution in [2.45, 2.75) is 52.3 Å². The molecule has 0 aliphatic carbocycles. The number of amides is 1. The Labute approximate surface area is 189 Å². The quantitative estimate of drug-likeness (QED) is 0.435. The van der Waals surface area contributed by atoms with Crippen LogP contribution in [-0.4, -0.2) is 42.5 Å². The standard InChI is InChI=1S/C25H33FN4O2/c1-3-22(32-23-11-6-10-21(26)15-23)17-29-25(27-4-2)28-16-19-8-5-9-20(14-19)18-30-13-7-12-24(30)31/h5-6,8-11,14-15,22H,3-4,7,12-13,16-18H2,1-2H3,(H2,27,28,29). The second-order valence-corrected chi connectivity index (χ2v) is 7.92. The van der Waals surface area contributed by atoms with Crippen LogP contribution in [0.3, 0.4) is 0 Å². The molecule has 0 saturated carbocycles. The summed E-state index contributed by atoms with van der Waals surface area (Å²) in [6.07, 6.45) is 2.27. The van der Waals surface area contributed by atoms with E-state index in [0.29, 0.717) is 37.8 Å². The van der Waals surface area contributed by atoms with E-state index in [4.69, 9.17) is 9.73 Å². The van der Waals surface area contributed by atoms with E-state index in [1.165, 1.54) is 12.1 Å². The number of hydrogen-bond donors (Lipinski definition) is 2. The molecule has 32 heavy (non-hydrogen) atoms. The van der Waals surface area contributed by atoms with Gasteiger partial charge in [-0.15, -0.1) is 0 Å². The fraction of sp³-hybridized carbons (Fsp3) is 0.440. The summed E-state index contributed by atoms with van der Waals surface area (Å²) in [4.78, 5) is 18.5. The van der Waals surface area contributed by atoms with E-state index in [9.17, 15) is 9.18 Å². The van der Waals surface area contributed by atoms with Gasteiger partial charge in [-0.05, 0) is 43.0 Å². The van der Waals surface area contributed by atoms with Crippen molar-refractivity contribution in [1.82, 2.24) is 15.5 Å². The van der Waals surface area contributed by atoms with Crippen LogP contribution in [0.2, 0.25) is 0 Å². The van der Waals surface area contributed by atoms with Gasteiger partial charge < -0.3 is 20.3 Å². The van der Waals surface area contributed by atoms with Crippen LogP contribution in [0.4, 0.5) is 4.39 Å². The number of carbonyl (C=O) groups excluding carboxylic acids is 1. The molecule has 0 radical (unpaired) electrons. The lowest BCUT2D eigenvalue weighted by atomic mass is 10.1. The van der Waals surface area contributed by atoms with Gasteiger partial charge in [-0.25, -0.2) is 9.38 Å². The van der Waals surface area contributed by atoms with Gasteiger partial charge in [0.15, 0.2) is 5.96 Å². The number of likely N-dealkylation sites (tertiary alicyclic amines) is 1. The van der Waals surface area contributed by atoms with Gasteiger partial charge in [0, 0.05) is 32.1 Å². The van der Waals surface area contributed by atoms with Crippen LogP contribution in [0.15, 0.2) is 53.5 Å². The van der Waals surface area contributed by atoms with Crippen LogP contribution in [0.5, 0.6) is 5.75 Å². The Bertz CT molecular complexity index is 918. The number of carbonyl (C=O) groups is 1. The molecule has 1 heterocycles. The van der Waals surface area contributed by atoms with Crippen molar-refractivity contribution in [2.24, 2.45) is 4.99 Å². The van der Waals surface area contributed by atoms with Crippen molar-refractivity contribution in [2.75, 3.05) is 19.6 Å². The zero-order valence-electron chi connectivity index (χ0n) is 18.9. The van der Waals surface area contributed by atoms with Gasteiger partial charge in [0.2, 0.25) is 5.91 Å². The number of benzene rings is 2. The minimum absolute atomic E-state index is 0.109. The maximum atomic E-state index is 13.4. The van der Waals surface area contributed by atoms with Crippen molar-refractivity contribution in [1.29, 1.82) is 0 Å². The van der Waals surface area contributed by atoms with Crippen molar-refractivity contribution in [3.05, 3.63) is 65.5 Å². The highest BCUT2D eigenvalue weighted by Gasteiger charge is 2.19. The molecule has 2 aromatic rings. The number of hydrogen-bond acceptors (Lipinski definition) is 3. The fourth-order valence-corrected chi connectivity index (χ4v) is 3.64. The summed E-state index contributed by atoms with van der Waals surface area (Å²) in [7, 11) is 0. The molecule has 1 amide bonds. The molecule has 1 aliphatic heterocycles. The highest BCUT2D eigenvalue weighted by atomic mass is 19.1. The largest absolute Gasteiger partial charge is 0.489 e. The van der Waals surface area contributed by atoms with E-state index in [-0.39, 0.29) is 17.8 Å². The maximum Gasteiger partial charge on any atom is 0.222 e. The average molecular weight is 441 g/mol. The van der Waals surface area contributed by atoms with Crippen LogP contribution >= 0.6 is 0 Å². The van der Waals surface area contributed by atoms with Gasteiger partial charge in [-0.1, -0.05) is 37.3 Å². The van der Waals surface area contributed by atoms with Gasteiger partial charge in [0.25, 0.3) is 0 Å². The number of ether oxygens (including phenoxy) is 1. The fourth-order valence-electron chi connectivity index (χ4n) is 3.64. The van der Waals surface area contributed by atoms with Crippen molar-refractivity contribution in [3.63, 3.8) is 0 Å². The highest BCUT2D eigenvalue weighted by molar-refractivity contribution is 5.79. The molecule has 1 unspecified atom stereocenters. The Kier molecular flexibility index (Phi) is 8.90. The number of rotatable bonds is 10. The lowest BCUT2D eigenvalue weighted by molar-refractivity contribution is -0.128. The van der Waals surface area contributed by atoms with Crippen molar-refractivity contribution >= 4 is 11.9 Å². The maximum absolute atomic E-state index is 13.4. The predicted molar refractivity (Wildman–Crippen MR) is 125 cm³/mol. The number of guanidine groups is 1. The molecule has 0 bridgehead atoms. The average Bonchev–Trinajstić information content (AvgIpc) is 3.19. The Morgan fingerprint density at radius 1 is 1.16 bits per heavy atom. The van der Waals surface area contributed by atoms with Crippen LogP contribution in [0, 0.1) is 5.82 Å². The summed E-state index contributed by atoms with van der Waals surface area (Å²) < 4.78 is 19.3. The minimum Gasteiger partial charge on any atom is -0.489 e. The first-order valence-corrected chi connectivity index (χ1v) is 11.4. The third-order valence-electron chi connectivity index (χ3n) is 5.35. The first-order valence-electron chi connectivity index (χ1n) is 11.4. The van der Waals surface area contributed by atoms with Crippen LogP contribution in [-0.2, 0) is 17.9 Å². The second kappa shape index (κ2) is 12.1. The van der Waals surface area contributed by atoms with Gasteiger partial charge in [-0.2, -0.15) is 0 Å². The van der Waals surface area contributed by atoms with Gasteiger partial charge in [0.1, 0.15) is 17.7 Å². The van der Waals surface area contributed by atoms with Gasteiger partial charge in [-0.3, -0.25) is 4.79 Å². The topological polar surface area (TPSA) is 66.0 Å². The summed E-state index contributed by atoms with van der Waals surface area (Å²) >= 11 is 0. The number of halogens is 1. The number of nitrogens with zero attached hydrogens (tertiary/aromatic N) is 2. The smallest absolute Gasteiger partial charge is 0.222 e. The van der Waals surface area contributed by atoms with Gasteiger partial charge in [0.05, 0.1) is 13.1 Å². The zero-order valence-corrected chi connectivity index (χ0v) is 18.9. The van der Waals surface area contributed by atoms with E-state index < -0.39 is 0 Å². The molecule has 1 saturated heterocycles. The third kappa shape index (κ3) is 7.25. The third-order valence-corrected chi connectivity index (χ3v) is 5.35. The minimum atomic E-state index is -0.309. The Hall–Kier alpha value is -3.09.